The van der Waals surface area contributed by atoms with Crippen molar-refractivity contribution in [2.45, 2.75) is 25.5 Å². The van der Waals surface area contributed by atoms with Gasteiger partial charge in [0.2, 0.25) is 5.91 Å². The van der Waals surface area contributed by atoms with Gasteiger partial charge >= 0.3 is 0 Å². The van der Waals surface area contributed by atoms with Crippen molar-refractivity contribution in [3.63, 3.8) is 0 Å². The number of rotatable bonds is 5. The molecule has 6 heteroatoms. The number of aryl methyl sites for hydroxylation is 2. The third-order valence-electron chi connectivity index (χ3n) is 2.86. The molecule has 0 aliphatic heterocycles. The lowest BCUT2D eigenvalue weighted by Gasteiger charge is -2.04. The summed E-state index contributed by atoms with van der Waals surface area (Å²) in [6.45, 7) is 3.75. The molecule has 0 spiro atoms. The number of carbonyl (C=O) groups excluding carboxylic acids is 1. The Morgan fingerprint density at radius 2 is 2.10 bits per heavy atom. The Morgan fingerprint density at radius 1 is 1.38 bits per heavy atom. The number of anilines is 1. The van der Waals surface area contributed by atoms with Gasteiger partial charge in [-0.05, 0) is 38.1 Å². The highest BCUT2D eigenvalue weighted by atomic mass is 32.2. The molecular formula is C15H15N3O2S. The smallest absolute Gasteiger partial charge is 0.256 e. The van der Waals surface area contributed by atoms with Crippen LogP contribution in [-0.4, -0.2) is 16.6 Å². The highest BCUT2D eigenvalue weighted by Gasteiger charge is 2.08. The molecule has 0 aliphatic rings. The van der Waals surface area contributed by atoms with Gasteiger partial charge in [0.1, 0.15) is 5.76 Å². The average Bonchev–Trinajstić information content (AvgIpc) is 2.78. The van der Waals surface area contributed by atoms with Gasteiger partial charge in [0, 0.05) is 17.9 Å². The number of thioether (sulfide) groups is 1. The van der Waals surface area contributed by atoms with Gasteiger partial charge in [0.25, 0.3) is 5.22 Å². The first-order valence-electron chi connectivity index (χ1n) is 6.45. The Kier molecular flexibility index (Phi) is 5.01. The summed E-state index contributed by atoms with van der Waals surface area (Å²) in [6.07, 6.45) is 0.366. The second-order valence-corrected chi connectivity index (χ2v) is 5.50. The van der Waals surface area contributed by atoms with E-state index >= 15 is 0 Å². The van der Waals surface area contributed by atoms with Crippen molar-refractivity contribution < 1.29 is 9.21 Å². The van der Waals surface area contributed by atoms with Crippen LogP contribution in [0.1, 0.15) is 23.4 Å². The van der Waals surface area contributed by atoms with Gasteiger partial charge in [0.15, 0.2) is 0 Å². The summed E-state index contributed by atoms with van der Waals surface area (Å²) in [5, 5.41) is 12.1. The highest BCUT2D eigenvalue weighted by molar-refractivity contribution is 7.99. The number of benzene rings is 1. The number of nitrogens with one attached hydrogen (secondary N) is 1. The maximum atomic E-state index is 11.8. The topological polar surface area (TPSA) is 78.9 Å². The van der Waals surface area contributed by atoms with E-state index in [1.807, 2.05) is 19.9 Å². The van der Waals surface area contributed by atoms with Crippen LogP contribution in [0.2, 0.25) is 0 Å². The van der Waals surface area contributed by atoms with E-state index in [9.17, 15) is 4.79 Å². The van der Waals surface area contributed by atoms with Gasteiger partial charge in [-0.25, -0.2) is 4.98 Å². The quantitative estimate of drug-likeness (QED) is 0.857. The standard InChI is InChI=1S/C15H15N3O2S/c1-10-11(2)20-15(17-10)21-8-7-14(19)18-13-5-3-12(9-16)4-6-13/h3-6H,7-8H2,1-2H3,(H,18,19). The molecule has 0 saturated heterocycles. The van der Waals surface area contributed by atoms with Gasteiger partial charge in [0.05, 0.1) is 17.3 Å². The number of nitriles is 1. The molecule has 21 heavy (non-hydrogen) atoms. The number of hydrogen-bond acceptors (Lipinski definition) is 5. The number of carbonyl (C=O) groups is 1. The average molecular weight is 301 g/mol. The fourth-order valence-corrected chi connectivity index (χ4v) is 2.44. The van der Waals surface area contributed by atoms with Gasteiger partial charge < -0.3 is 9.73 Å². The summed E-state index contributed by atoms with van der Waals surface area (Å²) in [5.41, 5.74) is 2.13. The van der Waals surface area contributed by atoms with Crippen molar-refractivity contribution >= 4 is 23.4 Å². The molecule has 0 bridgehead atoms. The Hall–Kier alpha value is -2.26. The monoisotopic (exact) mass is 301 g/mol. The zero-order valence-electron chi connectivity index (χ0n) is 11.8. The fraction of sp³-hybridized carbons (Fsp3) is 0.267. The van der Waals surface area contributed by atoms with Crippen molar-refractivity contribution in [2.75, 3.05) is 11.1 Å². The van der Waals surface area contributed by atoms with Crippen LogP contribution in [0.4, 0.5) is 5.69 Å². The second kappa shape index (κ2) is 6.95. The molecule has 1 amide bonds. The lowest BCUT2D eigenvalue weighted by atomic mass is 10.2. The Morgan fingerprint density at radius 3 is 2.67 bits per heavy atom. The van der Waals surface area contributed by atoms with Crippen LogP contribution in [-0.2, 0) is 4.79 Å². The molecule has 0 radical (unpaired) electrons. The van der Waals surface area contributed by atoms with Crippen molar-refractivity contribution in [3.8, 4) is 6.07 Å². The van der Waals surface area contributed by atoms with Crippen LogP contribution in [0.5, 0.6) is 0 Å². The van der Waals surface area contributed by atoms with Crippen LogP contribution in [0, 0.1) is 25.2 Å². The van der Waals surface area contributed by atoms with Crippen LogP contribution >= 0.6 is 11.8 Å². The maximum absolute atomic E-state index is 11.8. The summed E-state index contributed by atoms with van der Waals surface area (Å²) in [7, 11) is 0. The maximum Gasteiger partial charge on any atom is 0.256 e. The van der Waals surface area contributed by atoms with Crippen molar-refractivity contribution in [1.82, 2.24) is 4.98 Å². The molecule has 0 aliphatic carbocycles. The Balaban J connectivity index is 1.78. The zero-order valence-corrected chi connectivity index (χ0v) is 12.7. The van der Waals surface area contributed by atoms with Gasteiger partial charge in [-0.1, -0.05) is 11.8 Å². The first kappa shape index (κ1) is 15.1. The summed E-state index contributed by atoms with van der Waals surface area (Å²) in [4.78, 5) is 16.0. The molecule has 0 saturated carbocycles. The fourth-order valence-electron chi connectivity index (χ4n) is 1.59. The van der Waals surface area contributed by atoms with Gasteiger partial charge in [-0.15, -0.1) is 0 Å². The largest absolute Gasteiger partial charge is 0.437 e. The van der Waals surface area contributed by atoms with Crippen LogP contribution in [0.3, 0.4) is 0 Å². The molecule has 2 rings (SSSR count). The molecular weight excluding hydrogens is 286 g/mol. The number of hydrogen-bond donors (Lipinski definition) is 1. The van der Waals surface area contributed by atoms with Crippen molar-refractivity contribution in [1.29, 1.82) is 5.26 Å². The normalized spacial score (nSPS) is 10.1. The second-order valence-electron chi connectivity index (χ2n) is 4.46. The number of nitrogens with zero attached hydrogens (tertiary/aromatic N) is 2. The number of oxazole rings is 1. The number of aromatic nitrogens is 1. The Bertz CT molecular complexity index is 652. The van der Waals surface area contributed by atoms with E-state index in [1.54, 1.807) is 24.3 Å². The summed E-state index contributed by atoms with van der Waals surface area (Å²) in [6, 6.07) is 8.80. The lowest BCUT2D eigenvalue weighted by Crippen LogP contribution is -2.12. The summed E-state index contributed by atoms with van der Waals surface area (Å²) in [5.74, 6) is 1.33. The van der Waals surface area contributed by atoms with Crippen molar-refractivity contribution in [2.24, 2.45) is 0 Å². The third-order valence-corrected chi connectivity index (χ3v) is 3.69. The van der Waals surface area contributed by atoms with E-state index < -0.39 is 0 Å². The molecule has 0 unspecified atom stereocenters. The van der Waals surface area contributed by atoms with Crippen LogP contribution < -0.4 is 5.32 Å². The van der Waals surface area contributed by atoms with Crippen molar-refractivity contribution in [3.05, 3.63) is 41.3 Å². The molecule has 5 nitrogen and oxygen atoms in total. The SMILES string of the molecule is Cc1nc(SCCC(=O)Nc2ccc(C#N)cc2)oc1C. The van der Waals surface area contributed by atoms with E-state index in [1.165, 1.54) is 11.8 Å². The lowest BCUT2D eigenvalue weighted by molar-refractivity contribution is -0.115. The predicted molar refractivity (Wildman–Crippen MR) is 81.1 cm³/mol. The molecule has 0 atom stereocenters. The Labute approximate surface area is 127 Å². The number of amides is 1. The van der Waals surface area contributed by atoms with E-state index in [-0.39, 0.29) is 5.91 Å². The van der Waals surface area contributed by atoms with E-state index in [0.29, 0.717) is 28.6 Å². The van der Waals surface area contributed by atoms with E-state index in [0.717, 1.165) is 11.5 Å². The van der Waals surface area contributed by atoms with E-state index in [2.05, 4.69) is 10.3 Å². The molecule has 1 aromatic carbocycles. The van der Waals surface area contributed by atoms with Gasteiger partial charge in [-0.2, -0.15) is 5.26 Å². The zero-order chi connectivity index (χ0) is 15.2. The highest BCUT2D eigenvalue weighted by Crippen LogP contribution is 2.21. The minimum absolute atomic E-state index is 0.0767. The molecule has 0 fully saturated rings. The molecule has 1 heterocycles. The van der Waals surface area contributed by atoms with Crippen LogP contribution in [0.25, 0.3) is 0 Å². The molecule has 1 N–H and O–H groups in total. The minimum Gasteiger partial charge on any atom is -0.437 e. The molecule has 1 aromatic heterocycles. The third kappa shape index (κ3) is 4.36. The first-order valence-corrected chi connectivity index (χ1v) is 7.44. The van der Waals surface area contributed by atoms with Gasteiger partial charge in [-0.3, -0.25) is 4.79 Å². The summed E-state index contributed by atoms with van der Waals surface area (Å²) >= 11 is 1.42. The molecule has 108 valence electrons. The summed E-state index contributed by atoms with van der Waals surface area (Å²) < 4.78 is 5.43. The van der Waals surface area contributed by atoms with Crippen LogP contribution in [0.15, 0.2) is 33.9 Å². The molecule has 2 aromatic rings. The predicted octanol–water partition coefficient (Wildman–Crippen LogP) is 3.28. The van der Waals surface area contributed by atoms with E-state index in [4.69, 9.17) is 9.68 Å². The first-order chi connectivity index (χ1) is 10.1. The minimum atomic E-state index is -0.0767.